The number of rotatable bonds is 7. The fourth-order valence-corrected chi connectivity index (χ4v) is 7.14. The van der Waals surface area contributed by atoms with Gasteiger partial charge in [-0.25, -0.2) is 9.78 Å². The number of carbonyl (C=O) groups is 1. The number of urea groups is 1. The van der Waals surface area contributed by atoms with E-state index in [0.717, 1.165) is 39.3 Å². The number of carbonyl (C=O) groups excluding carboxylic acids is 1. The van der Waals surface area contributed by atoms with Gasteiger partial charge in [-0.2, -0.15) is 8.42 Å². The molecule has 184 valence electrons. The maximum atomic E-state index is 12.3. The molecule has 4 rings (SSSR count). The minimum Gasteiger partial charge on any atom is -0.379 e. The molecule has 3 N–H and O–H groups in total. The molecule has 1 aromatic heterocycles. The highest BCUT2D eigenvalue weighted by Crippen LogP contribution is 2.45. The summed E-state index contributed by atoms with van der Waals surface area (Å²) < 4.78 is 39.8. The number of hydrogen-bond donors (Lipinski definition) is 3. The number of nitrogens with one attached hydrogen (secondary N) is 2. The minimum absolute atomic E-state index is 0.0861. The van der Waals surface area contributed by atoms with Crippen molar-refractivity contribution < 1.29 is 22.5 Å². The number of anilines is 1. The van der Waals surface area contributed by atoms with E-state index in [1.807, 2.05) is 0 Å². The van der Waals surface area contributed by atoms with Gasteiger partial charge in [-0.3, -0.25) is 14.8 Å². The number of amides is 2. The third-order valence-electron chi connectivity index (χ3n) is 5.62. The Labute approximate surface area is 211 Å². The molecule has 2 unspecified atom stereocenters. The normalized spacial score (nSPS) is 23.6. The Bertz CT molecular complexity index is 1230. The Hall–Kier alpha value is -1.73. The van der Waals surface area contributed by atoms with E-state index >= 15 is 0 Å². The van der Waals surface area contributed by atoms with Crippen LogP contribution in [0, 0.1) is 0 Å². The SMILES string of the molecule is O=C(NCCCN1CCOCC1)Nc1nc2ccc(C3(Cl)C=CC=C(Cl)C3S(=O)(=O)O)cc2s1. The van der Waals surface area contributed by atoms with Gasteiger partial charge in [-0.1, -0.05) is 41.2 Å². The molecule has 13 heteroatoms. The number of hydrogen-bond acceptors (Lipinski definition) is 7. The largest absolute Gasteiger partial charge is 0.379 e. The summed E-state index contributed by atoms with van der Waals surface area (Å²) in [6.07, 6.45) is 5.23. The lowest BCUT2D eigenvalue weighted by Gasteiger charge is -2.33. The zero-order chi connectivity index (χ0) is 24.3. The van der Waals surface area contributed by atoms with Crippen molar-refractivity contribution >= 4 is 66.0 Å². The lowest BCUT2D eigenvalue weighted by atomic mass is 9.90. The third kappa shape index (κ3) is 5.73. The van der Waals surface area contributed by atoms with E-state index in [2.05, 4.69) is 20.5 Å². The summed E-state index contributed by atoms with van der Waals surface area (Å²) in [5.41, 5.74) is 1.04. The molecule has 9 nitrogen and oxygen atoms in total. The number of nitrogens with zero attached hydrogens (tertiary/aromatic N) is 2. The van der Waals surface area contributed by atoms with E-state index in [1.54, 1.807) is 24.3 Å². The van der Waals surface area contributed by atoms with Crippen molar-refractivity contribution in [1.82, 2.24) is 15.2 Å². The summed E-state index contributed by atoms with van der Waals surface area (Å²) in [6, 6.07) is 4.64. The van der Waals surface area contributed by atoms with Crippen LogP contribution in [0.1, 0.15) is 12.0 Å². The number of aromatic nitrogens is 1. The van der Waals surface area contributed by atoms with E-state index < -0.39 is 20.2 Å². The lowest BCUT2D eigenvalue weighted by molar-refractivity contribution is 0.0375. The number of fused-ring (bicyclic) bond motifs is 1. The fourth-order valence-electron chi connectivity index (χ4n) is 3.95. The molecule has 1 fully saturated rings. The number of halogens is 2. The molecule has 34 heavy (non-hydrogen) atoms. The van der Waals surface area contributed by atoms with E-state index in [0.29, 0.717) is 27.5 Å². The van der Waals surface area contributed by atoms with Gasteiger partial charge in [0.2, 0.25) is 0 Å². The predicted molar refractivity (Wildman–Crippen MR) is 134 cm³/mol. The minimum atomic E-state index is -4.58. The number of allylic oxidation sites excluding steroid dienone is 3. The van der Waals surface area contributed by atoms with E-state index in [-0.39, 0.29) is 11.1 Å². The van der Waals surface area contributed by atoms with Gasteiger partial charge in [0.25, 0.3) is 10.1 Å². The maximum Gasteiger partial charge on any atom is 0.321 e. The van der Waals surface area contributed by atoms with Crippen molar-refractivity contribution in [3.63, 3.8) is 0 Å². The smallest absolute Gasteiger partial charge is 0.321 e. The van der Waals surface area contributed by atoms with Gasteiger partial charge in [0.1, 0.15) is 10.1 Å². The summed E-state index contributed by atoms with van der Waals surface area (Å²) >= 11 is 14.0. The lowest BCUT2D eigenvalue weighted by Crippen LogP contribution is -2.40. The van der Waals surface area contributed by atoms with Gasteiger partial charge in [-0.15, -0.1) is 11.6 Å². The van der Waals surface area contributed by atoms with Crippen molar-refractivity contribution in [2.24, 2.45) is 0 Å². The molecule has 2 heterocycles. The summed E-state index contributed by atoms with van der Waals surface area (Å²) in [4.78, 5) is 17.4. The average Bonchev–Trinajstić information content (AvgIpc) is 3.18. The zero-order valence-corrected chi connectivity index (χ0v) is 21.2. The topological polar surface area (TPSA) is 121 Å². The molecular weight excluding hydrogens is 523 g/mol. The number of thiazole rings is 1. The third-order valence-corrected chi connectivity index (χ3v) is 8.94. The Kier molecular flexibility index (Phi) is 7.82. The molecule has 0 saturated carbocycles. The first-order valence-electron chi connectivity index (χ1n) is 10.6. The fraction of sp³-hybridized carbons (Fsp3) is 0.429. The summed E-state index contributed by atoms with van der Waals surface area (Å²) in [5, 5.41) is 4.32. The average molecular weight is 547 g/mol. The second-order valence-electron chi connectivity index (χ2n) is 7.96. The van der Waals surface area contributed by atoms with Gasteiger partial charge in [0.15, 0.2) is 5.13 Å². The Balaban J connectivity index is 1.41. The molecule has 0 bridgehead atoms. The first-order chi connectivity index (χ1) is 16.2. The van der Waals surface area contributed by atoms with Gasteiger partial charge in [0, 0.05) is 24.7 Å². The molecule has 1 aliphatic heterocycles. The molecular formula is C21H24Cl2N4O5S2. The van der Waals surface area contributed by atoms with Crippen LogP contribution >= 0.6 is 34.5 Å². The first-order valence-corrected chi connectivity index (χ1v) is 13.7. The molecule has 0 radical (unpaired) electrons. The molecule has 2 aromatic rings. The highest BCUT2D eigenvalue weighted by atomic mass is 35.5. The van der Waals surface area contributed by atoms with E-state index in [4.69, 9.17) is 27.9 Å². The molecule has 1 aromatic carbocycles. The highest BCUT2D eigenvalue weighted by Gasteiger charge is 2.47. The van der Waals surface area contributed by atoms with Crippen LogP contribution in [0.2, 0.25) is 0 Å². The molecule has 1 saturated heterocycles. The standard InChI is InChI=1S/C21H24Cl2N4O5S2/c22-15-3-1-6-21(23,18(15)34(29,30)31)14-4-5-16-17(13-14)33-20(25-16)26-19(28)24-7-2-8-27-9-11-32-12-10-27/h1,3-6,13,18H,2,7-12H2,(H,29,30,31)(H2,24,25,26,28). The number of ether oxygens (including phenoxy) is 1. The Morgan fingerprint density at radius 3 is 2.85 bits per heavy atom. The number of benzene rings is 1. The highest BCUT2D eigenvalue weighted by molar-refractivity contribution is 7.86. The summed E-state index contributed by atoms with van der Waals surface area (Å²) in [6.45, 7) is 4.74. The van der Waals surface area contributed by atoms with Gasteiger partial charge >= 0.3 is 6.03 Å². The summed E-state index contributed by atoms with van der Waals surface area (Å²) in [7, 11) is -4.58. The number of alkyl halides is 1. The second kappa shape index (κ2) is 10.5. The van der Waals surface area contributed by atoms with Crippen LogP contribution in [0.5, 0.6) is 0 Å². The Morgan fingerprint density at radius 2 is 2.12 bits per heavy atom. The van der Waals surface area contributed by atoms with Crippen molar-refractivity contribution in [3.8, 4) is 0 Å². The van der Waals surface area contributed by atoms with Crippen LogP contribution < -0.4 is 10.6 Å². The summed E-state index contributed by atoms with van der Waals surface area (Å²) in [5.74, 6) is 0. The Morgan fingerprint density at radius 1 is 1.35 bits per heavy atom. The molecule has 0 spiro atoms. The molecule has 2 aliphatic rings. The van der Waals surface area contributed by atoms with Crippen LogP contribution in [-0.4, -0.2) is 73.5 Å². The zero-order valence-electron chi connectivity index (χ0n) is 18.0. The van der Waals surface area contributed by atoms with Gasteiger partial charge in [-0.05, 0) is 36.7 Å². The van der Waals surface area contributed by atoms with Crippen LogP contribution in [0.4, 0.5) is 9.93 Å². The van der Waals surface area contributed by atoms with Crippen molar-refractivity contribution in [2.75, 3.05) is 44.7 Å². The monoisotopic (exact) mass is 546 g/mol. The number of morpholine rings is 1. The van der Waals surface area contributed by atoms with Gasteiger partial charge < -0.3 is 10.1 Å². The van der Waals surface area contributed by atoms with E-state index in [9.17, 15) is 17.8 Å². The first kappa shape index (κ1) is 25.4. The quantitative estimate of drug-likeness (QED) is 0.276. The predicted octanol–water partition coefficient (Wildman–Crippen LogP) is 3.52. The van der Waals surface area contributed by atoms with Crippen molar-refractivity contribution in [3.05, 3.63) is 47.0 Å². The van der Waals surface area contributed by atoms with Crippen LogP contribution in [-0.2, 0) is 19.7 Å². The second-order valence-corrected chi connectivity index (χ2v) is 11.6. The van der Waals surface area contributed by atoms with E-state index in [1.165, 1.54) is 23.5 Å². The maximum absolute atomic E-state index is 12.3. The van der Waals surface area contributed by atoms with Crippen LogP contribution in [0.15, 0.2) is 41.5 Å². The molecule has 2 amide bonds. The molecule has 2 atom stereocenters. The van der Waals surface area contributed by atoms with Crippen molar-refractivity contribution in [1.29, 1.82) is 0 Å². The van der Waals surface area contributed by atoms with Crippen LogP contribution in [0.3, 0.4) is 0 Å². The van der Waals surface area contributed by atoms with Gasteiger partial charge in [0.05, 0.1) is 23.4 Å². The van der Waals surface area contributed by atoms with Crippen molar-refractivity contribution in [2.45, 2.75) is 16.5 Å². The molecule has 1 aliphatic carbocycles. The van der Waals surface area contributed by atoms with Crippen LogP contribution in [0.25, 0.3) is 10.2 Å².